The van der Waals surface area contributed by atoms with Crippen LogP contribution in [0.2, 0.25) is 0 Å². The second-order valence-electron chi connectivity index (χ2n) is 4.12. The molecule has 0 bridgehead atoms. The molecule has 0 aliphatic heterocycles. The smallest absolute Gasteiger partial charge is 0.411 e. The van der Waals surface area contributed by atoms with E-state index in [0.29, 0.717) is 11.4 Å². The number of ether oxygens (including phenoxy) is 1. The first kappa shape index (κ1) is 14.5. The first-order valence-corrected chi connectivity index (χ1v) is 6.07. The van der Waals surface area contributed by atoms with Crippen LogP contribution in [0, 0.1) is 0 Å². The third-order valence-electron chi connectivity index (χ3n) is 2.09. The van der Waals surface area contributed by atoms with E-state index in [2.05, 4.69) is 31.3 Å². The van der Waals surface area contributed by atoms with Crippen molar-refractivity contribution in [2.45, 2.75) is 18.2 Å². The fraction of sp³-hybridized carbons (Fsp3) is 0.333. The monoisotopic (exact) mass is 314 g/mol. The van der Waals surface area contributed by atoms with Crippen LogP contribution in [0.15, 0.2) is 24.3 Å². The third-order valence-corrected chi connectivity index (χ3v) is 2.45. The van der Waals surface area contributed by atoms with Crippen molar-refractivity contribution >= 4 is 39.3 Å². The molecule has 5 nitrogen and oxygen atoms in total. The number of carbonyl (C=O) groups is 2. The highest BCUT2D eigenvalue weighted by atomic mass is 79.9. The van der Waals surface area contributed by atoms with Crippen molar-refractivity contribution in [3.05, 3.63) is 24.3 Å². The molecule has 0 heterocycles. The molecule has 0 spiro atoms. The van der Waals surface area contributed by atoms with Crippen LogP contribution in [0.5, 0.6) is 0 Å². The number of hydrogen-bond donors (Lipinski definition) is 2. The van der Waals surface area contributed by atoms with E-state index in [4.69, 9.17) is 0 Å². The number of rotatable bonds is 3. The van der Waals surface area contributed by atoms with Gasteiger partial charge < -0.3 is 10.1 Å². The lowest BCUT2D eigenvalue weighted by Crippen LogP contribution is -2.30. The molecule has 2 N–H and O–H groups in total. The molecule has 1 rings (SSSR count). The predicted molar refractivity (Wildman–Crippen MR) is 74.1 cm³/mol. The minimum absolute atomic E-state index is 0.169. The second-order valence-corrected chi connectivity index (χ2v) is 6.11. The highest BCUT2D eigenvalue weighted by molar-refractivity contribution is 9.10. The van der Waals surface area contributed by atoms with Gasteiger partial charge in [0.1, 0.15) is 0 Å². The summed E-state index contributed by atoms with van der Waals surface area (Å²) in [6.45, 7) is 3.50. The molecule has 0 saturated carbocycles. The van der Waals surface area contributed by atoms with E-state index in [1.54, 1.807) is 38.1 Å². The van der Waals surface area contributed by atoms with Gasteiger partial charge in [-0.2, -0.15) is 0 Å². The van der Waals surface area contributed by atoms with Crippen LogP contribution in [-0.2, 0) is 9.53 Å². The Labute approximate surface area is 114 Å². The molecule has 1 aromatic rings. The maximum absolute atomic E-state index is 11.8. The zero-order chi connectivity index (χ0) is 13.8. The molecule has 0 radical (unpaired) electrons. The van der Waals surface area contributed by atoms with Crippen molar-refractivity contribution in [1.29, 1.82) is 0 Å². The SMILES string of the molecule is COC(=O)Nc1cccc(NC(=O)C(C)(C)Br)c1. The molecule has 6 heteroatoms. The number of methoxy groups -OCH3 is 1. The number of anilines is 2. The summed E-state index contributed by atoms with van der Waals surface area (Å²) in [5.41, 5.74) is 1.15. The maximum atomic E-state index is 11.8. The molecule has 0 aliphatic carbocycles. The summed E-state index contributed by atoms with van der Waals surface area (Å²) in [5, 5.41) is 5.26. The standard InChI is InChI=1S/C12H15BrN2O3/c1-12(2,13)10(16)14-8-5-4-6-9(7-8)15-11(17)18-3/h4-7H,1-3H3,(H,14,16)(H,15,17). The van der Waals surface area contributed by atoms with Crippen molar-refractivity contribution in [3.8, 4) is 0 Å². The van der Waals surface area contributed by atoms with E-state index in [1.165, 1.54) is 7.11 Å². The van der Waals surface area contributed by atoms with Gasteiger partial charge in [-0.1, -0.05) is 22.0 Å². The molecule has 98 valence electrons. The fourth-order valence-electron chi connectivity index (χ4n) is 1.12. The van der Waals surface area contributed by atoms with Gasteiger partial charge in [-0.05, 0) is 32.0 Å². The number of alkyl halides is 1. The van der Waals surface area contributed by atoms with E-state index >= 15 is 0 Å². The minimum atomic E-state index is -0.654. The highest BCUT2D eigenvalue weighted by Gasteiger charge is 2.23. The normalized spacial score (nSPS) is 10.7. The maximum Gasteiger partial charge on any atom is 0.411 e. The zero-order valence-electron chi connectivity index (χ0n) is 10.4. The number of hydrogen-bond acceptors (Lipinski definition) is 3. The Morgan fingerprint density at radius 3 is 2.28 bits per heavy atom. The summed E-state index contributed by atoms with van der Waals surface area (Å²) in [4.78, 5) is 22.8. The lowest BCUT2D eigenvalue weighted by Gasteiger charge is -2.16. The Morgan fingerprint density at radius 2 is 1.78 bits per heavy atom. The van der Waals surface area contributed by atoms with Crippen molar-refractivity contribution in [3.63, 3.8) is 0 Å². The van der Waals surface area contributed by atoms with Crippen LogP contribution in [0.25, 0.3) is 0 Å². The summed E-state index contributed by atoms with van der Waals surface area (Å²) in [7, 11) is 1.29. The number of nitrogens with one attached hydrogen (secondary N) is 2. The molecule has 0 aliphatic rings. The van der Waals surface area contributed by atoms with Gasteiger partial charge in [0.25, 0.3) is 0 Å². The van der Waals surface area contributed by atoms with Gasteiger partial charge in [0.2, 0.25) is 5.91 Å². The second kappa shape index (κ2) is 5.86. The van der Waals surface area contributed by atoms with Crippen LogP contribution in [-0.4, -0.2) is 23.4 Å². The van der Waals surface area contributed by atoms with E-state index in [0.717, 1.165) is 0 Å². The Bertz CT molecular complexity index is 455. The summed E-state index contributed by atoms with van der Waals surface area (Å²) >= 11 is 3.27. The molecular weight excluding hydrogens is 300 g/mol. The first-order chi connectivity index (χ1) is 8.32. The summed E-state index contributed by atoms with van der Waals surface area (Å²) in [6.07, 6.45) is -0.556. The molecule has 2 amide bonds. The lowest BCUT2D eigenvalue weighted by atomic mass is 10.2. The van der Waals surface area contributed by atoms with E-state index in [-0.39, 0.29) is 5.91 Å². The van der Waals surface area contributed by atoms with Crippen LogP contribution >= 0.6 is 15.9 Å². The van der Waals surface area contributed by atoms with Gasteiger partial charge in [0, 0.05) is 11.4 Å². The Kier molecular flexibility index (Phi) is 4.72. The van der Waals surface area contributed by atoms with E-state index in [9.17, 15) is 9.59 Å². The van der Waals surface area contributed by atoms with Crippen LogP contribution in [0.1, 0.15) is 13.8 Å². The Morgan fingerprint density at radius 1 is 1.22 bits per heavy atom. The van der Waals surface area contributed by atoms with Crippen molar-refractivity contribution in [2.75, 3.05) is 17.7 Å². The van der Waals surface area contributed by atoms with Crippen LogP contribution in [0.4, 0.5) is 16.2 Å². The lowest BCUT2D eigenvalue weighted by molar-refractivity contribution is -0.117. The molecule has 1 aromatic carbocycles. The molecule has 0 saturated heterocycles. The largest absolute Gasteiger partial charge is 0.453 e. The van der Waals surface area contributed by atoms with Crippen molar-refractivity contribution in [1.82, 2.24) is 0 Å². The third kappa shape index (κ3) is 4.37. The number of carbonyl (C=O) groups excluding carboxylic acids is 2. The molecule has 0 atom stereocenters. The van der Waals surface area contributed by atoms with Gasteiger partial charge in [-0.25, -0.2) is 4.79 Å². The van der Waals surface area contributed by atoms with Gasteiger partial charge in [0.15, 0.2) is 0 Å². The van der Waals surface area contributed by atoms with Crippen LogP contribution < -0.4 is 10.6 Å². The molecule has 0 unspecified atom stereocenters. The fourth-order valence-corrected chi connectivity index (χ4v) is 1.22. The summed E-state index contributed by atoms with van der Waals surface area (Å²) in [6, 6.07) is 6.81. The minimum Gasteiger partial charge on any atom is -0.453 e. The van der Waals surface area contributed by atoms with Crippen LogP contribution in [0.3, 0.4) is 0 Å². The van der Waals surface area contributed by atoms with Gasteiger partial charge in [-0.3, -0.25) is 10.1 Å². The average Bonchev–Trinajstić information content (AvgIpc) is 2.28. The van der Waals surface area contributed by atoms with Crippen molar-refractivity contribution < 1.29 is 14.3 Å². The Hall–Kier alpha value is -1.56. The van der Waals surface area contributed by atoms with Gasteiger partial charge in [0.05, 0.1) is 11.4 Å². The first-order valence-electron chi connectivity index (χ1n) is 5.28. The molecular formula is C12H15BrN2O3. The topological polar surface area (TPSA) is 67.4 Å². The average molecular weight is 315 g/mol. The van der Waals surface area contributed by atoms with E-state index in [1.807, 2.05) is 0 Å². The van der Waals surface area contributed by atoms with Crippen molar-refractivity contribution in [2.24, 2.45) is 0 Å². The van der Waals surface area contributed by atoms with E-state index < -0.39 is 10.4 Å². The van der Waals surface area contributed by atoms with Gasteiger partial charge in [-0.15, -0.1) is 0 Å². The molecule has 18 heavy (non-hydrogen) atoms. The number of amides is 2. The quantitative estimate of drug-likeness (QED) is 0.843. The molecule has 0 fully saturated rings. The summed E-state index contributed by atoms with van der Waals surface area (Å²) < 4.78 is 3.83. The number of benzene rings is 1. The summed E-state index contributed by atoms with van der Waals surface area (Å²) in [5.74, 6) is -0.169. The molecule has 0 aromatic heterocycles. The van der Waals surface area contributed by atoms with Gasteiger partial charge >= 0.3 is 6.09 Å². The number of halogens is 1. The highest BCUT2D eigenvalue weighted by Crippen LogP contribution is 2.20. The Balaban J connectivity index is 2.77. The predicted octanol–water partition coefficient (Wildman–Crippen LogP) is 2.98. The zero-order valence-corrected chi connectivity index (χ0v) is 12.0.